The standard InChI is InChI=1S/4HN3/c4*1-3-2/h4*1H. The Bertz CT molecular complexity index is 132. The van der Waals surface area contributed by atoms with Crippen LogP contribution in [0.1, 0.15) is 0 Å². The Labute approximate surface area is 65.1 Å². The fourth-order valence-electron chi connectivity index (χ4n) is 0. The fourth-order valence-corrected chi connectivity index (χ4v) is 0. The second kappa shape index (κ2) is 281. The Balaban J connectivity index is -0.0000000356. The zero-order valence-corrected chi connectivity index (χ0v) is 5.58. The summed E-state index contributed by atoms with van der Waals surface area (Å²) in [5, 5.41) is 0. The van der Waals surface area contributed by atoms with E-state index < -0.39 is 0 Å². The van der Waals surface area contributed by atoms with Crippen molar-refractivity contribution < 1.29 is 0 Å². The number of nitrogens with one attached hydrogen (secondary N) is 4. The highest BCUT2D eigenvalue weighted by Gasteiger charge is 0.982. The van der Waals surface area contributed by atoms with Gasteiger partial charge in [0, 0.05) is 0 Å². The first kappa shape index (κ1) is 22.8. The zero-order chi connectivity index (χ0) is 10.8. The fraction of sp³-hybridized carbons (Fsp3) is 0. The van der Waals surface area contributed by atoms with E-state index in [4.69, 9.17) is 44.2 Å². The molecule has 0 amide bonds. The van der Waals surface area contributed by atoms with Gasteiger partial charge in [-0.2, -0.15) is 0 Å². The van der Waals surface area contributed by atoms with Crippen molar-refractivity contribution in [3.05, 3.63) is 41.8 Å². The van der Waals surface area contributed by atoms with Crippen LogP contribution in [0.3, 0.4) is 0 Å². The smallest absolute Gasteiger partial charge is 0.00208 e. The SMILES string of the molecule is [N-]=[N+]=N.[N-]=[N+]=N.[N-]=[N+]=N.[N-]=[N+]=N. The molecular weight excluding hydrogens is 168 g/mol. The summed E-state index contributed by atoms with van der Waals surface area (Å²) in [4.78, 5) is 7.00. The Kier molecular flexibility index (Phi) is 535. The normalized spacial score (nSPS) is 2.67. The molecule has 12 nitrogen and oxygen atoms in total. The van der Waals surface area contributed by atoms with Crippen molar-refractivity contribution in [2.75, 3.05) is 0 Å². The van der Waals surface area contributed by atoms with E-state index >= 15 is 0 Å². The van der Waals surface area contributed by atoms with Gasteiger partial charge in [0.25, 0.3) is 0 Å². The second-order valence-corrected chi connectivity index (χ2v) is 0.400. The molecule has 0 aromatic heterocycles. The lowest BCUT2D eigenvalue weighted by molar-refractivity contribution is 1.45. The van der Waals surface area contributed by atoms with Crippen molar-refractivity contribution in [1.82, 2.24) is 0 Å². The van der Waals surface area contributed by atoms with Gasteiger partial charge in [-0.05, 0) is 41.8 Å². The monoisotopic (exact) mass is 172 g/mol. The molecule has 0 rings (SSSR count). The molecular formula is H4N12. The van der Waals surface area contributed by atoms with Crippen LogP contribution in [0.4, 0.5) is 0 Å². The van der Waals surface area contributed by atoms with Crippen LogP contribution in [-0.4, -0.2) is 0 Å². The maximum Gasteiger partial charge on any atom is -0.00208 e. The lowest BCUT2D eigenvalue weighted by atomic mass is 13.0. The molecule has 0 unspecified atom stereocenters. The van der Waals surface area contributed by atoms with Gasteiger partial charge in [0.1, 0.15) is 0 Å². The Morgan fingerprint density at radius 1 is 0.500 bits per heavy atom. The first-order valence-corrected chi connectivity index (χ1v) is 1.69. The first-order chi connectivity index (χ1) is 5.66. The van der Waals surface area contributed by atoms with E-state index in [1.807, 2.05) is 0 Å². The van der Waals surface area contributed by atoms with E-state index in [0.717, 1.165) is 0 Å². The predicted octanol–water partition coefficient (Wildman–Crippen LogP) is 3.50. The van der Waals surface area contributed by atoms with Crippen molar-refractivity contribution in [2.24, 2.45) is 0 Å². The summed E-state index contributed by atoms with van der Waals surface area (Å²) in [7, 11) is 0. The van der Waals surface area contributed by atoms with E-state index in [9.17, 15) is 0 Å². The maximum atomic E-state index is 6.86. The van der Waals surface area contributed by atoms with E-state index in [-0.39, 0.29) is 0 Å². The average Bonchev–Trinajstić information content (AvgIpc) is 1.92. The summed E-state index contributed by atoms with van der Waals surface area (Å²) >= 11 is 0. The molecule has 0 saturated carbocycles. The number of hydrogen-bond donors (Lipinski definition) is 4. The van der Waals surface area contributed by atoms with Crippen LogP contribution in [0.2, 0.25) is 0 Å². The molecule has 4 N–H and O–H groups in total. The third-order valence-corrected chi connectivity index (χ3v) is 0. The molecule has 0 aliphatic carbocycles. The summed E-state index contributed by atoms with van der Waals surface area (Å²) in [5.41, 5.74) is 49.0. The summed E-state index contributed by atoms with van der Waals surface area (Å²) in [6, 6.07) is 0. The molecule has 0 saturated heterocycles. The van der Waals surface area contributed by atoms with Crippen LogP contribution < -0.4 is 0 Å². The van der Waals surface area contributed by atoms with E-state index in [0.29, 0.717) is 0 Å². The van der Waals surface area contributed by atoms with Gasteiger partial charge < -0.3 is 0 Å². The molecule has 64 valence electrons. The van der Waals surface area contributed by atoms with Gasteiger partial charge >= 0.3 is 0 Å². The van der Waals surface area contributed by atoms with E-state index in [1.165, 1.54) is 0 Å². The molecule has 12 heteroatoms. The molecule has 0 aliphatic heterocycles. The number of nitrogens with zero attached hydrogens (tertiary/aromatic N) is 8. The van der Waals surface area contributed by atoms with E-state index in [1.54, 1.807) is 19.6 Å². The predicted molar refractivity (Wildman–Crippen MR) is 37.8 cm³/mol. The Morgan fingerprint density at radius 3 is 0.500 bits per heavy atom. The third kappa shape index (κ3) is 37.0. The molecule has 0 heterocycles. The van der Waals surface area contributed by atoms with Crippen LogP contribution in [0.15, 0.2) is 0 Å². The molecule has 0 fully saturated rings. The minimum absolute atomic E-state index is 1.75. The maximum absolute atomic E-state index is 6.86. The van der Waals surface area contributed by atoms with Gasteiger partial charge in [-0.25, -0.2) is 0 Å². The molecule has 0 spiro atoms. The van der Waals surface area contributed by atoms with Crippen LogP contribution in [-0.2, 0) is 0 Å². The molecule has 0 aromatic rings. The van der Waals surface area contributed by atoms with Gasteiger partial charge in [0.05, 0.1) is 0 Å². The lowest BCUT2D eigenvalue weighted by Crippen LogP contribution is -0.769. The lowest BCUT2D eigenvalue weighted by Gasteiger charge is -1.03. The highest BCUT2D eigenvalue weighted by atomic mass is 15.0. The molecule has 0 aromatic carbocycles. The highest BCUT2D eigenvalue weighted by Crippen LogP contribution is 1.25. The molecule has 12 heavy (non-hydrogen) atoms. The minimum atomic E-state index is 1.75. The average molecular weight is 172 g/mol. The van der Waals surface area contributed by atoms with Crippen molar-refractivity contribution in [3.63, 3.8) is 0 Å². The molecule has 0 aliphatic rings. The van der Waals surface area contributed by atoms with Crippen molar-refractivity contribution >= 4 is 0 Å². The highest BCUT2D eigenvalue weighted by molar-refractivity contribution is 4.18. The second-order valence-electron chi connectivity index (χ2n) is 0.400. The van der Waals surface area contributed by atoms with Crippen LogP contribution in [0.25, 0.3) is 41.8 Å². The van der Waals surface area contributed by atoms with Crippen LogP contribution in [0.5, 0.6) is 0 Å². The summed E-state index contributed by atoms with van der Waals surface area (Å²) in [6.45, 7) is 0. The molecule has 0 bridgehead atoms. The van der Waals surface area contributed by atoms with Crippen molar-refractivity contribution in [3.8, 4) is 0 Å². The summed E-state index contributed by atoms with van der Waals surface area (Å²) < 4.78 is 0. The quantitative estimate of drug-likeness (QED) is 0.232. The molecule has 0 radical (unpaired) electrons. The van der Waals surface area contributed by atoms with Crippen LogP contribution >= 0.6 is 0 Å². The van der Waals surface area contributed by atoms with Crippen molar-refractivity contribution in [1.29, 1.82) is 22.1 Å². The first-order valence-electron chi connectivity index (χ1n) is 1.69. The van der Waals surface area contributed by atoms with Gasteiger partial charge in [-0.1, -0.05) is 0 Å². The summed E-state index contributed by atoms with van der Waals surface area (Å²) in [6.07, 6.45) is 0. The van der Waals surface area contributed by atoms with Gasteiger partial charge in [0.15, 0.2) is 0 Å². The Hall–Kier alpha value is -2.76. The summed E-state index contributed by atoms with van der Waals surface area (Å²) in [5.74, 6) is 0. The number of rotatable bonds is 0. The van der Waals surface area contributed by atoms with Gasteiger partial charge in [-0.3, -0.25) is 0 Å². The van der Waals surface area contributed by atoms with Gasteiger partial charge in [0.2, 0.25) is 0 Å². The van der Waals surface area contributed by atoms with Crippen LogP contribution in [0, 0.1) is 22.1 Å². The molecule has 0 atom stereocenters. The Morgan fingerprint density at radius 2 is 0.500 bits per heavy atom. The zero-order valence-electron chi connectivity index (χ0n) is 5.58. The number of hydrogen-bond acceptors (Lipinski definition) is 4. The topological polar surface area (TPSA) is 241 Å². The van der Waals surface area contributed by atoms with E-state index in [2.05, 4.69) is 0 Å². The minimum Gasteiger partial charge on any atom is -0.108 e. The largest absolute Gasteiger partial charge is 0.108 e. The van der Waals surface area contributed by atoms with Gasteiger partial charge in [-0.15, -0.1) is 22.1 Å². The van der Waals surface area contributed by atoms with Crippen molar-refractivity contribution in [2.45, 2.75) is 0 Å². The third-order valence-electron chi connectivity index (χ3n) is 0.